The molecule has 148 valence electrons. The summed E-state index contributed by atoms with van der Waals surface area (Å²) < 4.78 is 13.0. The number of nitrogens with two attached hydrogens (primary N) is 1. The molecule has 1 saturated carbocycles. The van der Waals surface area contributed by atoms with Gasteiger partial charge in [0.25, 0.3) is 0 Å². The second-order valence-electron chi connectivity index (χ2n) is 7.20. The molecular formula is C19H30Cl2FN3O. The van der Waals surface area contributed by atoms with E-state index in [0.717, 1.165) is 64.0 Å². The first kappa shape index (κ1) is 23.2. The number of halogens is 3. The summed E-state index contributed by atoms with van der Waals surface area (Å²) in [5, 5.41) is 0. The quantitative estimate of drug-likeness (QED) is 0.836. The third-order valence-electron chi connectivity index (χ3n) is 5.42. The molecule has 1 heterocycles. The van der Waals surface area contributed by atoms with Crippen molar-refractivity contribution in [1.29, 1.82) is 0 Å². The molecule has 2 aliphatic rings. The van der Waals surface area contributed by atoms with Gasteiger partial charge >= 0.3 is 0 Å². The summed E-state index contributed by atoms with van der Waals surface area (Å²) in [6.07, 6.45) is 4.91. The van der Waals surface area contributed by atoms with E-state index in [1.165, 1.54) is 12.1 Å². The van der Waals surface area contributed by atoms with Crippen LogP contribution in [0.5, 0.6) is 0 Å². The molecule has 0 radical (unpaired) electrons. The Morgan fingerprint density at radius 2 is 1.77 bits per heavy atom. The Kier molecular flexibility index (Phi) is 9.86. The van der Waals surface area contributed by atoms with Crippen molar-refractivity contribution in [2.75, 3.05) is 26.2 Å². The van der Waals surface area contributed by atoms with Crippen LogP contribution in [0, 0.1) is 11.7 Å². The zero-order chi connectivity index (χ0) is 16.9. The summed E-state index contributed by atoms with van der Waals surface area (Å²) in [5.74, 6) is 0.438. The van der Waals surface area contributed by atoms with Crippen molar-refractivity contribution in [1.82, 2.24) is 9.80 Å². The van der Waals surface area contributed by atoms with Gasteiger partial charge in [-0.2, -0.15) is 0 Å². The standard InChI is InChI=1S/C19H28FN3O.2ClH/c20-17-7-5-15(6-8-17)14-22-9-2-10-23(12-11-22)19(24)13-16-3-1-4-18(16)21;;/h5-8,16,18H,1-4,9-14,21H2;2*1H/t16-,18+;;/m0../s1. The van der Waals surface area contributed by atoms with E-state index in [4.69, 9.17) is 5.73 Å². The predicted octanol–water partition coefficient (Wildman–Crippen LogP) is 3.22. The second kappa shape index (κ2) is 11.1. The Hall–Kier alpha value is -0.880. The van der Waals surface area contributed by atoms with Crippen molar-refractivity contribution in [2.24, 2.45) is 11.7 Å². The molecule has 0 aromatic heterocycles. The SMILES string of the molecule is Cl.Cl.N[C@@H]1CCC[C@H]1CC(=O)N1CCCN(Cc2ccc(F)cc2)CC1. The van der Waals surface area contributed by atoms with E-state index in [-0.39, 0.29) is 42.6 Å². The van der Waals surface area contributed by atoms with Gasteiger partial charge in [0.2, 0.25) is 5.91 Å². The van der Waals surface area contributed by atoms with Crippen LogP contribution in [0.2, 0.25) is 0 Å². The van der Waals surface area contributed by atoms with Crippen LogP contribution in [-0.4, -0.2) is 47.9 Å². The summed E-state index contributed by atoms with van der Waals surface area (Å²) >= 11 is 0. The van der Waals surface area contributed by atoms with Gasteiger partial charge in [0, 0.05) is 45.2 Å². The lowest BCUT2D eigenvalue weighted by atomic mass is 9.99. The van der Waals surface area contributed by atoms with Crippen molar-refractivity contribution in [3.63, 3.8) is 0 Å². The minimum Gasteiger partial charge on any atom is -0.341 e. The van der Waals surface area contributed by atoms with Gasteiger partial charge in [-0.05, 0) is 42.9 Å². The average Bonchev–Trinajstić information content (AvgIpc) is 2.83. The molecule has 0 unspecified atom stereocenters. The van der Waals surface area contributed by atoms with Gasteiger partial charge in [-0.25, -0.2) is 4.39 Å². The zero-order valence-corrected chi connectivity index (χ0v) is 16.7. The molecule has 7 heteroatoms. The van der Waals surface area contributed by atoms with E-state index in [0.29, 0.717) is 12.3 Å². The Morgan fingerprint density at radius 1 is 1.04 bits per heavy atom. The number of hydrogen-bond acceptors (Lipinski definition) is 3. The Balaban J connectivity index is 0.00000169. The Labute approximate surface area is 168 Å². The van der Waals surface area contributed by atoms with Crippen LogP contribution in [-0.2, 0) is 11.3 Å². The number of carbonyl (C=O) groups is 1. The summed E-state index contributed by atoms with van der Waals surface area (Å²) in [6, 6.07) is 6.90. The van der Waals surface area contributed by atoms with E-state index >= 15 is 0 Å². The monoisotopic (exact) mass is 405 g/mol. The molecule has 0 spiro atoms. The largest absolute Gasteiger partial charge is 0.341 e. The second-order valence-corrected chi connectivity index (χ2v) is 7.20. The lowest BCUT2D eigenvalue weighted by Gasteiger charge is -2.24. The van der Waals surface area contributed by atoms with Gasteiger partial charge in [0.05, 0.1) is 0 Å². The van der Waals surface area contributed by atoms with Gasteiger partial charge in [0.15, 0.2) is 0 Å². The lowest BCUT2D eigenvalue weighted by Crippen LogP contribution is -2.37. The highest BCUT2D eigenvalue weighted by molar-refractivity contribution is 5.85. The number of benzene rings is 1. The number of nitrogens with zero attached hydrogens (tertiary/aromatic N) is 2. The fourth-order valence-corrected chi connectivity index (χ4v) is 3.90. The number of carbonyl (C=O) groups excluding carboxylic acids is 1. The highest BCUT2D eigenvalue weighted by atomic mass is 35.5. The van der Waals surface area contributed by atoms with Gasteiger partial charge < -0.3 is 10.6 Å². The van der Waals surface area contributed by atoms with Gasteiger partial charge in [-0.3, -0.25) is 9.69 Å². The minimum absolute atomic E-state index is 0. The van der Waals surface area contributed by atoms with E-state index in [1.54, 1.807) is 0 Å². The van der Waals surface area contributed by atoms with Crippen molar-refractivity contribution < 1.29 is 9.18 Å². The van der Waals surface area contributed by atoms with E-state index in [1.807, 2.05) is 17.0 Å². The zero-order valence-electron chi connectivity index (χ0n) is 15.1. The van der Waals surface area contributed by atoms with Crippen LogP contribution in [0.1, 0.15) is 37.7 Å². The van der Waals surface area contributed by atoms with Gasteiger partial charge in [0.1, 0.15) is 5.82 Å². The fourth-order valence-electron chi connectivity index (χ4n) is 3.90. The van der Waals surface area contributed by atoms with Crippen LogP contribution < -0.4 is 5.73 Å². The first-order valence-electron chi connectivity index (χ1n) is 9.12. The lowest BCUT2D eigenvalue weighted by molar-refractivity contribution is -0.132. The van der Waals surface area contributed by atoms with Crippen LogP contribution in [0.4, 0.5) is 4.39 Å². The third kappa shape index (κ3) is 6.38. The first-order valence-corrected chi connectivity index (χ1v) is 9.12. The van der Waals surface area contributed by atoms with Gasteiger partial charge in [-0.1, -0.05) is 18.6 Å². The average molecular weight is 406 g/mol. The van der Waals surface area contributed by atoms with Gasteiger partial charge in [-0.15, -0.1) is 24.8 Å². The maximum absolute atomic E-state index is 13.0. The van der Waals surface area contributed by atoms with Crippen LogP contribution in [0.15, 0.2) is 24.3 Å². The Morgan fingerprint density at radius 3 is 2.42 bits per heavy atom. The summed E-state index contributed by atoms with van der Waals surface area (Å²) in [7, 11) is 0. The highest BCUT2D eigenvalue weighted by Gasteiger charge is 2.28. The van der Waals surface area contributed by atoms with E-state index < -0.39 is 0 Å². The summed E-state index contributed by atoms with van der Waals surface area (Å²) in [6.45, 7) is 4.28. The molecular weight excluding hydrogens is 376 g/mol. The molecule has 1 aromatic carbocycles. The number of amides is 1. The van der Waals surface area contributed by atoms with Crippen molar-refractivity contribution in [3.8, 4) is 0 Å². The minimum atomic E-state index is -0.198. The molecule has 1 aliphatic carbocycles. The van der Waals surface area contributed by atoms with Crippen molar-refractivity contribution in [2.45, 2.75) is 44.7 Å². The normalized spacial score (nSPS) is 23.7. The van der Waals surface area contributed by atoms with Crippen LogP contribution in [0.25, 0.3) is 0 Å². The third-order valence-corrected chi connectivity index (χ3v) is 5.42. The smallest absolute Gasteiger partial charge is 0.222 e. The highest BCUT2D eigenvalue weighted by Crippen LogP contribution is 2.27. The van der Waals surface area contributed by atoms with Crippen molar-refractivity contribution in [3.05, 3.63) is 35.6 Å². The first-order chi connectivity index (χ1) is 11.6. The molecule has 4 nitrogen and oxygen atoms in total. The maximum atomic E-state index is 13.0. The Bertz CT molecular complexity index is 558. The molecule has 3 rings (SSSR count). The van der Waals surface area contributed by atoms with Crippen molar-refractivity contribution >= 4 is 30.7 Å². The summed E-state index contributed by atoms with van der Waals surface area (Å²) in [5.41, 5.74) is 7.22. The maximum Gasteiger partial charge on any atom is 0.222 e. The molecule has 1 amide bonds. The molecule has 1 aromatic rings. The molecule has 0 bridgehead atoms. The molecule has 1 saturated heterocycles. The molecule has 26 heavy (non-hydrogen) atoms. The van der Waals surface area contributed by atoms with E-state index in [2.05, 4.69) is 4.90 Å². The topological polar surface area (TPSA) is 49.6 Å². The number of hydrogen-bond donors (Lipinski definition) is 1. The van der Waals surface area contributed by atoms with Crippen LogP contribution >= 0.6 is 24.8 Å². The van der Waals surface area contributed by atoms with Crippen LogP contribution in [0.3, 0.4) is 0 Å². The predicted molar refractivity (Wildman–Crippen MR) is 107 cm³/mol. The molecule has 1 aliphatic heterocycles. The molecule has 2 atom stereocenters. The molecule has 2 fully saturated rings. The van der Waals surface area contributed by atoms with E-state index in [9.17, 15) is 9.18 Å². The number of rotatable bonds is 4. The fraction of sp³-hybridized carbons (Fsp3) is 0.632. The summed E-state index contributed by atoms with van der Waals surface area (Å²) in [4.78, 5) is 16.9. The molecule has 2 N–H and O–H groups in total.